The van der Waals surface area contributed by atoms with Gasteiger partial charge in [-0.25, -0.2) is 0 Å². The summed E-state index contributed by atoms with van der Waals surface area (Å²) in [5, 5.41) is 0. The normalized spacial score (nSPS) is 9.66. The maximum absolute atomic E-state index is 5.61. The molecule has 0 heterocycles. The molecule has 0 aliphatic carbocycles. The summed E-state index contributed by atoms with van der Waals surface area (Å²) >= 11 is 0. The van der Waals surface area contributed by atoms with Crippen LogP contribution in [0, 0.1) is 0 Å². The van der Waals surface area contributed by atoms with Gasteiger partial charge in [-0.05, 0) is 70.8 Å². The first kappa shape index (κ1) is 21.4. The molecule has 0 aliphatic rings. The second kappa shape index (κ2) is 9.85. The van der Waals surface area contributed by atoms with Crippen LogP contribution in [0.4, 0.5) is 22.7 Å². The first-order chi connectivity index (χ1) is 13.5. The SMILES string of the molecule is C.Nc1ccc(-c2ccc(N)cc2)cc1.Nc1ccc(-c2ccc(N)cc2)cc1. The van der Waals surface area contributed by atoms with Crippen LogP contribution in [0.3, 0.4) is 0 Å². The van der Waals surface area contributed by atoms with Crippen molar-refractivity contribution in [3.8, 4) is 22.3 Å². The molecule has 0 unspecified atom stereocenters. The molecule has 29 heavy (non-hydrogen) atoms. The van der Waals surface area contributed by atoms with Crippen LogP contribution >= 0.6 is 0 Å². The van der Waals surface area contributed by atoms with Gasteiger partial charge in [0.05, 0.1) is 0 Å². The summed E-state index contributed by atoms with van der Waals surface area (Å²) in [4.78, 5) is 0. The lowest BCUT2D eigenvalue weighted by Gasteiger charge is -2.02. The molecule has 0 saturated carbocycles. The molecule has 0 atom stereocenters. The lowest BCUT2D eigenvalue weighted by molar-refractivity contribution is 1.61. The number of hydrogen-bond acceptors (Lipinski definition) is 4. The van der Waals surface area contributed by atoms with Gasteiger partial charge in [0.1, 0.15) is 0 Å². The molecule has 4 aromatic rings. The van der Waals surface area contributed by atoms with Crippen LogP contribution in [0.5, 0.6) is 0 Å². The average Bonchev–Trinajstić information content (AvgIpc) is 2.71. The van der Waals surface area contributed by atoms with Gasteiger partial charge in [-0.15, -0.1) is 0 Å². The Bertz CT molecular complexity index is 830. The van der Waals surface area contributed by atoms with Crippen LogP contribution in [0.1, 0.15) is 7.43 Å². The highest BCUT2D eigenvalue weighted by Gasteiger charge is 1.97. The van der Waals surface area contributed by atoms with Crippen LogP contribution in [0.15, 0.2) is 97.1 Å². The average molecular weight is 385 g/mol. The van der Waals surface area contributed by atoms with E-state index in [1.807, 2.05) is 97.1 Å². The van der Waals surface area contributed by atoms with E-state index in [1.54, 1.807) is 0 Å². The van der Waals surface area contributed by atoms with Gasteiger partial charge in [0.15, 0.2) is 0 Å². The Morgan fingerprint density at radius 2 is 0.414 bits per heavy atom. The van der Waals surface area contributed by atoms with Crippen LogP contribution in [0.25, 0.3) is 22.3 Å². The topological polar surface area (TPSA) is 104 Å². The largest absolute Gasteiger partial charge is 0.399 e. The predicted octanol–water partition coefficient (Wildman–Crippen LogP) is 5.67. The Morgan fingerprint density at radius 1 is 0.276 bits per heavy atom. The number of nitrogens with two attached hydrogens (primary N) is 4. The van der Waals surface area contributed by atoms with Gasteiger partial charge in [0, 0.05) is 22.7 Å². The highest BCUT2D eigenvalue weighted by Crippen LogP contribution is 2.22. The zero-order valence-corrected chi connectivity index (χ0v) is 15.5. The second-order valence-electron chi connectivity index (χ2n) is 6.49. The highest BCUT2D eigenvalue weighted by molar-refractivity contribution is 5.68. The maximum Gasteiger partial charge on any atom is 0.0314 e. The summed E-state index contributed by atoms with van der Waals surface area (Å²) in [6.45, 7) is 0. The van der Waals surface area contributed by atoms with Crippen molar-refractivity contribution in [3.05, 3.63) is 97.1 Å². The molecule has 4 aromatic carbocycles. The lowest BCUT2D eigenvalue weighted by Crippen LogP contribution is -1.85. The zero-order chi connectivity index (χ0) is 19.9. The molecule has 0 aromatic heterocycles. The summed E-state index contributed by atoms with van der Waals surface area (Å²) < 4.78 is 0. The van der Waals surface area contributed by atoms with Gasteiger partial charge in [0.2, 0.25) is 0 Å². The summed E-state index contributed by atoms with van der Waals surface area (Å²) in [6.07, 6.45) is 0. The fraction of sp³-hybridized carbons (Fsp3) is 0.0400. The zero-order valence-electron chi connectivity index (χ0n) is 15.5. The monoisotopic (exact) mass is 384 g/mol. The molecule has 4 heteroatoms. The molecule has 4 nitrogen and oxygen atoms in total. The van der Waals surface area contributed by atoms with Crippen molar-refractivity contribution >= 4 is 22.7 Å². The molecule has 0 aliphatic heterocycles. The fourth-order valence-corrected chi connectivity index (χ4v) is 2.70. The fourth-order valence-electron chi connectivity index (χ4n) is 2.70. The Labute approximate surface area is 172 Å². The molecule has 0 bridgehead atoms. The summed E-state index contributed by atoms with van der Waals surface area (Å²) in [7, 11) is 0. The van der Waals surface area contributed by atoms with Crippen molar-refractivity contribution < 1.29 is 0 Å². The van der Waals surface area contributed by atoms with Gasteiger partial charge >= 0.3 is 0 Å². The van der Waals surface area contributed by atoms with Gasteiger partial charge in [0.25, 0.3) is 0 Å². The number of nitrogen functional groups attached to an aromatic ring is 4. The van der Waals surface area contributed by atoms with E-state index >= 15 is 0 Å². The van der Waals surface area contributed by atoms with Crippen molar-refractivity contribution in [1.29, 1.82) is 0 Å². The van der Waals surface area contributed by atoms with Gasteiger partial charge in [-0.1, -0.05) is 56.0 Å². The van der Waals surface area contributed by atoms with Crippen LogP contribution < -0.4 is 22.9 Å². The highest BCUT2D eigenvalue weighted by atomic mass is 14.5. The van der Waals surface area contributed by atoms with Crippen LogP contribution in [-0.2, 0) is 0 Å². The Kier molecular flexibility index (Phi) is 7.26. The van der Waals surface area contributed by atoms with E-state index < -0.39 is 0 Å². The predicted molar refractivity (Wildman–Crippen MR) is 128 cm³/mol. The van der Waals surface area contributed by atoms with E-state index in [4.69, 9.17) is 22.9 Å². The van der Waals surface area contributed by atoms with E-state index in [2.05, 4.69) is 0 Å². The van der Waals surface area contributed by atoms with E-state index in [9.17, 15) is 0 Å². The first-order valence-electron chi connectivity index (χ1n) is 8.94. The third kappa shape index (κ3) is 6.04. The molecule has 0 spiro atoms. The first-order valence-corrected chi connectivity index (χ1v) is 8.94. The molecule has 0 saturated heterocycles. The Hall–Kier alpha value is -3.92. The molecule has 0 fully saturated rings. The number of rotatable bonds is 2. The van der Waals surface area contributed by atoms with Crippen molar-refractivity contribution in [2.75, 3.05) is 22.9 Å². The Balaban J connectivity index is 0.000000200. The maximum atomic E-state index is 5.61. The minimum atomic E-state index is 0. The molecule has 0 amide bonds. The van der Waals surface area contributed by atoms with E-state index in [0.29, 0.717) is 0 Å². The smallest absolute Gasteiger partial charge is 0.0314 e. The molecule has 4 rings (SSSR count). The van der Waals surface area contributed by atoms with Crippen LogP contribution in [0.2, 0.25) is 0 Å². The quantitative estimate of drug-likeness (QED) is 0.334. The van der Waals surface area contributed by atoms with Crippen molar-refractivity contribution in [1.82, 2.24) is 0 Å². The summed E-state index contributed by atoms with van der Waals surface area (Å²) in [5.41, 5.74) is 30.2. The number of anilines is 4. The van der Waals surface area contributed by atoms with Crippen LogP contribution in [-0.4, -0.2) is 0 Å². The number of hydrogen-bond donors (Lipinski definition) is 4. The molecular weight excluding hydrogens is 356 g/mol. The Morgan fingerprint density at radius 3 is 0.552 bits per heavy atom. The third-order valence-electron chi connectivity index (χ3n) is 4.31. The lowest BCUT2D eigenvalue weighted by atomic mass is 10.1. The van der Waals surface area contributed by atoms with E-state index in [1.165, 1.54) is 0 Å². The number of benzene rings is 4. The second-order valence-corrected chi connectivity index (χ2v) is 6.49. The standard InChI is InChI=1S/2C12H12N2.CH4/c2*13-11-5-1-9(2-6-11)10-3-7-12(14)8-4-10;/h2*1-8H,13-14H2;1H4. The van der Waals surface area contributed by atoms with Gasteiger partial charge in [-0.2, -0.15) is 0 Å². The minimum absolute atomic E-state index is 0. The summed E-state index contributed by atoms with van der Waals surface area (Å²) in [6, 6.07) is 31.2. The van der Waals surface area contributed by atoms with Crippen molar-refractivity contribution in [3.63, 3.8) is 0 Å². The van der Waals surface area contributed by atoms with Crippen molar-refractivity contribution in [2.45, 2.75) is 7.43 Å². The third-order valence-corrected chi connectivity index (χ3v) is 4.31. The molecule has 148 valence electrons. The molecular formula is C25H28N4. The van der Waals surface area contributed by atoms with Gasteiger partial charge < -0.3 is 22.9 Å². The minimum Gasteiger partial charge on any atom is -0.399 e. The molecule has 0 radical (unpaired) electrons. The van der Waals surface area contributed by atoms with E-state index in [0.717, 1.165) is 45.0 Å². The molecule has 8 N–H and O–H groups in total. The summed E-state index contributed by atoms with van der Waals surface area (Å²) in [5.74, 6) is 0. The van der Waals surface area contributed by atoms with Crippen molar-refractivity contribution in [2.24, 2.45) is 0 Å². The van der Waals surface area contributed by atoms with E-state index in [-0.39, 0.29) is 7.43 Å². The van der Waals surface area contributed by atoms with Gasteiger partial charge in [-0.3, -0.25) is 0 Å².